The first-order valence-corrected chi connectivity index (χ1v) is 10.4. The molecule has 10 nitrogen and oxygen atoms in total. The zero-order valence-corrected chi connectivity index (χ0v) is 18.3. The highest BCUT2D eigenvalue weighted by atomic mass is 35.5. The first-order chi connectivity index (χ1) is 15.4. The highest BCUT2D eigenvalue weighted by molar-refractivity contribution is 7.12. The van der Waals surface area contributed by atoms with Gasteiger partial charge in [0.15, 0.2) is 5.69 Å². The molecule has 0 aliphatic carbocycles. The number of aromatic nitrogens is 3. The van der Waals surface area contributed by atoms with E-state index in [-0.39, 0.29) is 17.1 Å². The zero-order valence-electron chi connectivity index (χ0n) is 16.8. The quantitative estimate of drug-likeness (QED) is 0.223. The minimum Gasteiger partial charge on any atom is -0.494 e. The number of methoxy groups -OCH3 is 1. The first-order valence-electron chi connectivity index (χ1n) is 9.15. The molecular formula is C20H15ClN6O4S. The number of aryl methyl sites for hydroxylation is 1. The van der Waals surface area contributed by atoms with Crippen LogP contribution in [-0.4, -0.2) is 26.8 Å². The largest absolute Gasteiger partial charge is 0.494 e. The fourth-order valence-corrected chi connectivity index (χ4v) is 3.80. The molecule has 0 atom stereocenters. The van der Waals surface area contributed by atoms with Crippen molar-refractivity contribution in [2.75, 3.05) is 7.11 Å². The number of H-pyrrole nitrogens is 1. The van der Waals surface area contributed by atoms with Crippen LogP contribution >= 0.6 is 22.9 Å². The highest BCUT2D eigenvalue weighted by Crippen LogP contribution is 2.33. The average molecular weight is 471 g/mol. The molecular weight excluding hydrogens is 456 g/mol. The SMILES string of the molecule is COc1ccc([N+](=O)[O-])cc1N=Nc1c(C)[nH]n(-c2nc(-c3ccc(Cl)cc3)cs2)c1=O. The van der Waals surface area contributed by atoms with E-state index in [1.807, 2.05) is 17.5 Å². The van der Waals surface area contributed by atoms with Crippen LogP contribution in [0.2, 0.25) is 5.02 Å². The lowest BCUT2D eigenvalue weighted by molar-refractivity contribution is -0.384. The number of rotatable bonds is 6. The lowest BCUT2D eigenvalue weighted by atomic mass is 10.2. The number of aromatic amines is 1. The van der Waals surface area contributed by atoms with Crippen LogP contribution < -0.4 is 10.3 Å². The number of nitrogens with zero attached hydrogens (tertiary/aromatic N) is 5. The molecule has 0 amide bonds. The second-order valence-corrected chi connectivity index (χ2v) is 7.83. The van der Waals surface area contributed by atoms with E-state index >= 15 is 0 Å². The van der Waals surface area contributed by atoms with Gasteiger partial charge in [-0.3, -0.25) is 20.0 Å². The van der Waals surface area contributed by atoms with Gasteiger partial charge in [0.2, 0.25) is 5.13 Å². The molecule has 0 aliphatic heterocycles. The third kappa shape index (κ3) is 4.15. The van der Waals surface area contributed by atoms with Crippen LogP contribution in [0.1, 0.15) is 5.69 Å². The van der Waals surface area contributed by atoms with E-state index in [0.717, 1.165) is 5.56 Å². The molecule has 4 aromatic rings. The van der Waals surface area contributed by atoms with Crippen molar-refractivity contribution in [2.45, 2.75) is 6.92 Å². The van der Waals surface area contributed by atoms with Crippen molar-refractivity contribution in [1.82, 2.24) is 14.8 Å². The van der Waals surface area contributed by atoms with Gasteiger partial charge < -0.3 is 4.74 Å². The van der Waals surface area contributed by atoms with Crippen molar-refractivity contribution in [3.8, 4) is 22.1 Å². The predicted octanol–water partition coefficient (Wildman–Crippen LogP) is 5.58. The smallest absolute Gasteiger partial charge is 0.301 e. The normalized spacial score (nSPS) is 11.2. The van der Waals surface area contributed by atoms with Crippen molar-refractivity contribution < 1.29 is 9.66 Å². The summed E-state index contributed by atoms with van der Waals surface area (Å²) in [7, 11) is 1.41. The third-order valence-corrected chi connectivity index (χ3v) is 5.57. The molecule has 1 N–H and O–H groups in total. The van der Waals surface area contributed by atoms with Gasteiger partial charge >= 0.3 is 5.56 Å². The van der Waals surface area contributed by atoms with Gasteiger partial charge in [-0.25, -0.2) is 4.98 Å². The van der Waals surface area contributed by atoms with Gasteiger partial charge in [0.05, 0.1) is 23.4 Å². The number of halogens is 1. The third-order valence-electron chi connectivity index (χ3n) is 4.49. The molecule has 0 fully saturated rings. The van der Waals surface area contributed by atoms with Crippen molar-refractivity contribution in [3.05, 3.63) is 79.0 Å². The number of nitrogens with one attached hydrogen (secondary N) is 1. The van der Waals surface area contributed by atoms with Gasteiger partial charge in [-0.15, -0.1) is 21.6 Å². The minimum atomic E-state index is -0.548. The summed E-state index contributed by atoms with van der Waals surface area (Å²) >= 11 is 7.21. The molecule has 0 spiro atoms. The van der Waals surface area contributed by atoms with Crippen molar-refractivity contribution in [2.24, 2.45) is 10.2 Å². The summed E-state index contributed by atoms with van der Waals surface area (Å²) in [4.78, 5) is 27.9. The Kier molecular flexibility index (Phi) is 5.84. The zero-order chi connectivity index (χ0) is 22.8. The Balaban J connectivity index is 1.68. The maximum atomic E-state index is 12.9. The first kappa shape index (κ1) is 21.4. The minimum absolute atomic E-state index is 0.0572. The van der Waals surface area contributed by atoms with Gasteiger partial charge in [-0.05, 0) is 25.1 Å². The number of non-ortho nitro benzene ring substituents is 1. The number of hydrogen-bond acceptors (Lipinski definition) is 8. The van der Waals surface area contributed by atoms with Crippen molar-refractivity contribution >= 4 is 40.0 Å². The van der Waals surface area contributed by atoms with Gasteiger partial charge in [-0.1, -0.05) is 23.7 Å². The Morgan fingerprint density at radius 2 is 1.97 bits per heavy atom. The van der Waals surface area contributed by atoms with E-state index < -0.39 is 10.5 Å². The molecule has 162 valence electrons. The van der Waals surface area contributed by atoms with Crippen LogP contribution in [0.15, 0.2) is 62.9 Å². The molecule has 12 heteroatoms. The molecule has 4 rings (SSSR count). The number of nitro benzene ring substituents is 1. The monoisotopic (exact) mass is 470 g/mol. The lowest BCUT2D eigenvalue weighted by Gasteiger charge is -2.02. The molecule has 0 saturated carbocycles. The van der Waals surface area contributed by atoms with E-state index in [0.29, 0.717) is 27.3 Å². The number of benzene rings is 2. The van der Waals surface area contributed by atoms with E-state index in [1.165, 1.54) is 41.3 Å². The Morgan fingerprint density at radius 1 is 1.22 bits per heavy atom. The molecule has 2 aromatic carbocycles. The van der Waals surface area contributed by atoms with Crippen LogP contribution in [0.4, 0.5) is 17.1 Å². The van der Waals surface area contributed by atoms with Crippen LogP contribution in [-0.2, 0) is 0 Å². The maximum absolute atomic E-state index is 12.9. The van der Waals surface area contributed by atoms with E-state index in [1.54, 1.807) is 19.1 Å². The van der Waals surface area contributed by atoms with Crippen LogP contribution in [0.3, 0.4) is 0 Å². The summed E-state index contributed by atoms with van der Waals surface area (Å²) in [5.74, 6) is 0.292. The summed E-state index contributed by atoms with van der Waals surface area (Å²) in [5, 5.41) is 24.9. The summed E-state index contributed by atoms with van der Waals surface area (Å²) in [6.07, 6.45) is 0. The fourth-order valence-electron chi connectivity index (χ4n) is 2.88. The standard InChI is InChI=1S/C20H15ClN6O4S/c1-11-18(24-23-15-9-14(27(29)30)7-8-17(15)31-2)19(28)26(25-11)20-22-16(10-32-20)12-3-5-13(21)6-4-12/h3-10,25H,1-2H3. The Morgan fingerprint density at radius 3 is 2.66 bits per heavy atom. The predicted molar refractivity (Wildman–Crippen MR) is 121 cm³/mol. The van der Waals surface area contributed by atoms with Gasteiger partial charge in [-0.2, -0.15) is 4.68 Å². The molecule has 32 heavy (non-hydrogen) atoms. The number of azo groups is 1. The summed E-state index contributed by atoms with van der Waals surface area (Å²) < 4.78 is 6.45. The van der Waals surface area contributed by atoms with E-state index in [4.69, 9.17) is 16.3 Å². The Bertz CT molecular complexity index is 1390. The van der Waals surface area contributed by atoms with Crippen molar-refractivity contribution in [1.29, 1.82) is 0 Å². The lowest BCUT2D eigenvalue weighted by Crippen LogP contribution is -2.13. The molecule has 0 saturated heterocycles. The number of nitro groups is 1. The molecule has 0 unspecified atom stereocenters. The number of hydrogen-bond donors (Lipinski definition) is 1. The van der Waals surface area contributed by atoms with E-state index in [2.05, 4.69) is 20.3 Å². The van der Waals surface area contributed by atoms with Gasteiger partial charge in [0.1, 0.15) is 11.4 Å². The Hall–Kier alpha value is -3.83. The summed E-state index contributed by atoms with van der Waals surface area (Å²) in [5.41, 5.74) is 1.60. The average Bonchev–Trinajstić information content (AvgIpc) is 3.37. The van der Waals surface area contributed by atoms with Crippen molar-refractivity contribution in [3.63, 3.8) is 0 Å². The molecule has 0 aliphatic rings. The summed E-state index contributed by atoms with van der Waals surface area (Å²) in [6, 6.07) is 11.2. The fraction of sp³-hybridized carbons (Fsp3) is 0.100. The molecule has 0 radical (unpaired) electrons. The Labute approximate surface area is 189 Å². The number of thiazole rings is 1. The van der Waals surface area contributed by atoms with Crippen LogP contribution in [0, 0.1) is 17.0 Å². The van der Waals surface area contributed by atoms with Gasteiger partial charge in [0, 0.05) is 28.1 Å². The molecule has 2 aromatic heterocycles. The second kappa shape index (κ2) is 8.73. The molecule has 2 heterocycles. The van der Waals surface area contributed by atoms with Crippen LogP contribution in [0.25, 0.3) is 16.4 Å². The summed E-state index contributed by atoms with van der Waals surface area (Å²) in [6.45, 7) is 1.67. The van der Waals surface area contributed by atoms with Gasteiger partial charge in [0.25, 0.3) is 5.69 Å². The topological polar surface area (TPSA) is 128 Å². The second-order valence-electron chi connectivity index (χ2n) is 6.56. The van der Waals surface area contributed by atoms with Crippen LogP contribution in [0.5, 0.6) is 5.75 Å². The maximum Gasteiger partial charge on any atom is 0.301 e. The highest BCUT2D eigenvalue weighted by Gasteiger charge is 2.16. The number of ether oxygens (including phenoxy) is 1. The molecule has 0 bridgehead atoms. The van der Waals surface area contributed by atoms with E-state index in [9.17, 15) is 14.9 Å².